The van der Waals surface area contributed by atoms with Crippen molar-refractivity contribution in [3.63, 3.8) is 0 Å². The number of hydrogen-bond acceptors (Lipinski definition) is 5. The van der Waals surface area contributed by atoms with Gasteiger partial charge in [-0.25, -0.2) is 0 Å². The number of ketones is 1. The highest BCUT2D eigenvalue weighted by Crippen LogP contribution is 2.51. The molecule has 0 saturated heterocycles. The van der Waals surface area contributed by atoms with E-state index in [1.807, 2.05) is 13.8 Å². The molecule has 2 rings (SSSR count). The van der Waals surface area contributed by atoms with Crippen molar-refractivity contribution < 1.29 is 18.8 Å². The van der Waals surface area contributed by atoms with Gasteiger partial charge in [-0.2, -0.15) is 0 Å². The molecule has 0 radical (unpaired) electrons. The van der Waals surface area contributed by atoms with Crippen LogP contribution in [0.2, 0.25) is 18.1 Å². The van der Waals surface area contributed by atoms with Crippen molar-refractivity contribution in [3.8, 4) is 5.75 Å². The summed E-state index contributed by atoms with van der Waals surface area (Å²) >= 11 is 3.26. The molecule has 0 bridgehead atoms. The van der Waals surface area contributed by atoms with Gasteiger partial charge in [0, 0.05) is 12.6 Å². The second-order valence-corrected chi connectivity index (χ2v) is 15.0. The number of ether oxygens (including phenoxy) is 1. The number of aromatic nitrogens is 1. The Morgan fingerprint density at radius 1 is 1.29 bits per heavy atom. The summed E-state index contributed by atoms with van der Waals surface area (Å²) < 4.78 is 14.1. The summed E-state index contributed by atoms with van der Waals surface area (Å²) in [5.41, 5.74) is -0.693. The summed E-state index contributed by atoms with van der Waals surface area (Å²) in [6, 6.07) is -0.701. The third-order valence-corrected chi connectivity index (χ3v) is 11.1. The van der Waals surface area contributed by atoms with Crippen LogP contribution in [-0.2, 0) is 14.0 Å². The van der Waals surface area contributed by atoms with E-state index in [9.17, 15) is 14.4 Å². The standard InChI is InChI=1S/C20H30BrNO5Si/c1-19(2,3)28(7,8)27-18-14-16(26-6)15(24)12(21)11-22(14)13(9-10-23)17(25)20(18,4)5/h10-11,13,18H,9H2,1-8H3. The molecule has 0 fully saturated rings. The van der Waals surface area contributed by atoms with E-state index in [0.29, 0.717) is 5.69 Å². The van der Waals surface area contributed by atoms with Crippen LogP contribution in [0, 0.1) is 5.41 Å². The Bertz CT molecular complexity index is 853. The number of Topliss-reactive ketones (excluding diaryl/α,β-unsaturated/α-hetero) is 1. The highest BCUT2D eigenvalue weighted by atomic mass is 79.9. The SMILES string of the molecule is COc1c2n(cc(Br)c1=O)C(CC=O)C(=O)C(C)(C)C2O[Si](C)(C)C(C)(C)C. The number of halogens is 1. The van der Waals surface area contributed by atoms with E-state index < -0.39 is 25.9 Å². The van der Waals surface area contributed by atoms with E-state index >= 15 is 0 Å². The van der Waals surface area contributed by atoms with E-state index in [0.717, 1.165) is 6.29 Å². The Balaban J connectivity index is 2.84. The maximum atomic E-state index is 13.4. The van der Waals surface area contributed by atoms with Crippen molar-refractivity contribution in [2.75, 3.05) is 7.11 Å². The first-order chi connectivity index (χ1) is 12.7. The topological polar surface area (TPSA) is 74.6 Å². The van der Waals surface area contributed by atoms with Gasteiger partial charge in [-0.05, 0) is 47.9 Å². The zero-order chi connectivity index (χ0) is 21.7. The van der Waals surface area contributed by atoms with Crippen LogP contribution < -0.4 is 10.2 Å². The van der Waals surface area contributed by atoms with Crippen molar-refractivity contribution in [2.24, 2.45) is 5.41 Å². The Morgan fingerprint density at radius 3 is 2.32 bits per heavy atom. The highest BCUT2D eigenvalue weighted by molar-refractivity contribution is 9.10. The third-order valence-electron chi connectivity index (χ3n) is 6.11. The quantitative estimate of drug-likeness (QED) is 0.469. The molecule has 1 aromatic rings. The largest absolute Gasteiger partial charge is 0.491 e. The van der Waals surface area contributed by atoms with Crippen molar-refractivity contribution in [1.82, 2.24) is 4.57 Å². The molecule has 2 heterocycles. The number of fused-ring (bicyclic) bond motifs is 1. The number of carbonyl (C=O) groups is 2. The van der Waals surface area contributed by atoms with E-state index in [4.69, 9.17) is 9.16 Å². The number of carbonyl (C=O) groups excluding carboxylic acids is 2. The van der Waals surface area contributed by atoms with E-state index in [-0.39, 0.29) is 32.9 Å². The van der Waals surface area contributed by atoms with Crippen LogP contribution in [0.15, 0.2) is 15.5 Å². The molecule has 2 unspecified atom stereocenters. The second kappa shape index (κ2) is 7.53. The molecule has 156 valence electrons. The molecule has 8 heteroatoms. The average molecular weight is 472 g/mol. The maximum Gasteiger partial charge on any atom is 0.237 e. The first kappa shape index (κ1) is 23.0. The Morgan fingerprint density at radius 2 is 1.86 bits per heavy atom. The summed E-state index contributed by atoms with van der Waals surface area (Å²) in [6.07, 6.45) is 1.68. The van der Waals surface area contributed by atoms with Gasteiger partial charge in [-0.1, -0.05) is 20.8 Å². The van der Waals surface area contributed by atoms with Gasteiger partial charge in [0.1, 0.15) is 12.4 Å². The summed E-state index contributed by atoms with van der Waals surface area (Å²) in [4.78, 5) is 37.4. The molecule has 0 aromatic carbocycles. The minimum Gasteiger partial charge on any atom is -0.491 e. The van der Waals surface area contributed by atoms with Crippen LogP contribution in [0.4, 0.5) is 0 Å². The first-order valence-electron chi connectivity index (χ1n) is 9.35. The average Bonchev–Trinajstić information content (AvgIpc) is 2.57. The van der Waals surface area contributed by atoms with Crippen LogP contribution >= 0.6 is 15.9 Å². The molecule has 0 N–H and O–H groups in total. The molecule has 6 nitrogen and oxygen atoms in total. The van der Waals surface area contributed by atoms with Gasteiger partial charge in [-0.15, -0.1) is 0 Å². The Hall–Kier alpha value is -1.25. The van der Waals surface area contributed by atoms with Gasteiger partial charge in [-0.3, -0.25) is 9.59 Å². The summed E-state index contributed by atoms with van der Waals surface area (Å²) in [7, 11) is -0.855. The Labute approximate surface area is 175 Å². The number of pyridine rings is 1. The maximum absolute atomic E-state index is 13.4. The highest BCUT2D eigenvalue weighted by Gasteiger charge is 2.53. The zero-order valence-corrected chi connectivity index (χ0v) is 20.5. The molecular formula is C20H30BrNO5Si. The normalized spacial score (nSPS) is 22.0. The minimum absolute atomic E-state index is 0.0283. The number of methoxy groups -OCH3 is 1. The van der Waals surface area contributed by atoms with Gasteiger partial charge < -0.3 is 18.5 Å². The smallest absolute Gasteiger partial charge is 0.237 e. The molecule has 28 heavy (non-hydrogen) atoms. The molecule has 2 atom stereocenters. The van der Waals surface area contributed by atoms with Crippen molar-refractivity contribution in [3.05, 3.63) is 26.6 Å². The van der Waals surface area contributed by atoms with Crippen LogP contribution in [0.1, 0.15) is 58.9 Å². The lowest BCUT2D eigenvalue weighted by atomic mass is 9.73. The van der Waals surface area contributed by atoms with E-state index in [1.165, 1.54) is 7.11 Å². The molecule has 0 saturated carbocycles. The van der Waals surface area contributed by atoms with Gasteiger partial charge in [0.15, 0.2) is 19.9 Å². The molecule has 0 amide bonds. The lowest BCUT2D eigenvalue weighted by molar-refractivity contribution is -0.141. The summed E-state index contributed by atoms with van der Waals surface area (Å²) in [6.45, 7) is 14.2. The van der Waals surface area contributed by atoms with E-state index in [2.05, 4.69) is 49.8 Å². The monoisotopic (exact) mass is 471 g/mol. The zero-order valence-electron chi connectivity index (χ0n) is 17.9. The van der Waals surface area contributed by atoms with Crippen LogP contribution in [-0.4, -0.2) is 32.1 Å². The Kier molecular flexibility index (Phi) is 6.20. The van der Waals surface area contributed by atoms with Crippen LogP contribution in [0.25, 0.3) is 0 Å². The van der Waals surface area contributed by atoms with Gasteiger partial charge >= 0.3 is 0 Å². The number of nitrogens with zero attached hydrogens (tertiary/aromatic N) is 1. The van der Waals surface area contributed by atoms with Crippen LogP contribution in [0.5, 0.6) is 5.75 Å². The summed E-state index contributed by atoms with van der Waals surface area (Å²) in [5, 5.41) is -0.0838. The fourth-order valence-corrected chi connectivity index (χ4v) is 5.06. The van der Waals surface area contributed by atoms with Gasteiger partial charge in [0.2, 0.25) is 5.43 Å². The summed E-state index contributed by atoms with van der Waals surface area (Å²) in [5.74, 6) is 0.0583. The predicted octanol–water partition coefficient (Wildman–Crippen LogP) is 4.42. The number of hydrogen-bond donors (Lipinski definition) is 0. The fraction of sp³-hybridized carbons (Fsp3) is 0.650. The molecule has 1 aliphatic heterocycles. The molecule has 1 aliphatic rings. The van der Waals surface area contributed by atoms with Gasteiger partial charge in [0.05, 0.1) is 28.7 Å². The van der Waals surface area contributed by atoms with Crippen LogP contribution in [0.3, 0.4) is 0 Å². The van der Waals surface area contributed by atoms with Crippen molar-refractivity contribution in [2.45, 2.75) is 71.3 Å². The third kappa shape index (κ3) is 3.66. The lowest BCUT2D eigenvalue weighted by Gasteiger charge is -2.48. The first-order valence-corrected chi connectivity index (χ1v) is 13.0. The molecular weight excluding hydrogens is 442 g/mol. The van der Waals surface area contributed by atoms with Gasteiger partial charge in [0.25, 0.3) is 0 Å². The molecule has 0 aliphatic carbocycles. The predicted molar refractivity (Wildman–Crippen MR) is 114 cm³/mol. The van der Waals surface area contributed by atoms with Crippen molar-refractivity contribution in [1.29, 1.82) is 0 Å². The lowest BCUT2D eigenvalue weighted by Crippen LogP contribution is -2.51. The fourth-order valence-electron chi connectivity index (χ4n) is 3.31. The second-order valence-electron chi connectivity index (χ2n) is 9.39. The molecule has 0 spiro atoms. The van der Waals surface area contributed by atoms with Crippen molar-refractivity contribution >= 4 is 36.3 Å². The molecule has 1 aromatic heterocycles. The number of aldehydes is 1. The minimum atomic E-state index is -2.29. The number of rotatable bonds is 5. The van der Waals surface area contributed by atoms with E-state index in [1.54, 1.807) is 10.8 Å².